The zero-order valence-corrected chi connectivity index (χ0v) is 24.9. The van der Waals surface area contributed by atoms with E-state index in [1.165, 1.54) is 5.56 Å². The van der Waals surface area contributed by atoms with Crippen molar-refractivity contribution >= 4 is 21.6 Å². The molecule has 212 valence electrons. The van der Waals surface area contributed by atoms with Gasteiger partial charge in [0.25, 0.3) is 0 Å². The summed E-state index contributed by atoms with van der Waals surface area (Å²) < 4.78 is 18.5. The molecule has 1 atom stereocenters. The first-order valence-corrected chi connectivity index (χ1v) is 15.1. The molecule has 9 heteroatoms. The molecule has 3 aromatic heterocycles. The normalized spacial score (nSPS) is 21.1. The summed E-state index contributed by atoms with van der Waals surface area (Å²) in [4.78, 5) is 0. The van der Waals surface area contributed by atoms with Crippen LogP contribution in [0.4, 0.5) is 0 Å². The van der Waals surface area contributed by atoms with Crippen LogP contribution in [0.5, 0.6) is 5.75 Å². The van der Waals surface area contributed by atoms with Crippen LogP contribution in [0.25, 0.3) is 32.6 Å². The number of nitrogens with one attached hydrogen (secondary N) is 2. The Morgan fingerprint density at radius 1 is 1.05 bits per heavy atom. The molecule has 2 saturated heterocycles. The highest BCUT2D eigenvalue weighted by Crippen LogP contribution is 2.44. The number of hydrogen-bond acceptors (Lipinski definition) is 8. The van der Waals surface area contributed by atoms with Gasteiger partial charge < -0.3 is 19.5 Å². The maximum atomic E-state index is 6.07. The van der Waals surface area contributed by atoms with Gasteiger partial charge in [-0.05, 0) is 100 Å². The van der Waals surface area contributed by atoms with Gasteiger partial charge in [-0.3, -0.25) is 5.10 Å². The third-order valence-electron chi connectivity index (χ3n) is 8.03. The van der Waals surface area contributed by atoms with Crippen molar-refractivity contribution in [3.05, 3.63) is 47.1 Å². The predicted molar refractivity (Wildman–Crippen MR) is 159 cm³/mol. The van der Waals surface area contributed by atoms with Crippen LogP contribution in [0.3, 0.4) is 0 Å². The summed E-state index contributed by atoms with van der Waals surface area (Å²) in [5, 5.41) is 23.1. The van der Waals surface area contributed by atoms with Gasteiger partial charge in [-0.2, -0.15) is 5.10 Å². The van der Waals surface area contributed by atoms with E-state index in [0.29, 0.717) is 11.7 Å². The first-order chi connectivity index (χ1) is 19.2. The summed E-state index contributed by atoms with van der Waals surface area (Å²) >= 11 is 1.74. The van der Waals surface area contributed by atoms with Gasteiger partial charge in [0.15, 0.2) is 6.79 Å². The van der Waals surface area contributed by atoms with Crippen molar-refractivity contribution in [2.45, 2.75) is 82.9 Å². The Labute approximate surface area is 239 Å². The molecule has 0 bridgehead atoms. The molecule has 2 aliphatic heterocycles. The number of methoxy groups -OCH3 is 1. The van der Waals surface area contributed by atoms with Crippen LogP contribution in [-0.4, -0.2) is 52.0 Å². The van der Waals surface area contributed by atoms with Crippen LogP contribution >= 0.6 is 11.3 Å². The monoisotopic (exact) mass is 561 g/mol. The summed E-state index contributed by atoms with van der Waals surface area (Å²) in [6.45, 7) is 10.1. The number of H-pyrrole nitrogens is 1. The van der Waals surface area contributed by atoms with E-state index < -0.39 is 0 Å². The molecule has 2 fully saturated rings. The first kappa shape index (κ1) is 27.3. The minimum absolute atomic E-state index is 0.00964. The summed E-state index contributed by atoms with van der Waals surface area (Å²) in [5.41, 5.74) is 7.11. The summed E-state index contributed by atoms with van der Waals surface area (Å²) in [5.74, 6) is 1.14. The highest BCUT2D eigenvalue weighted by atomic mass is 32.1. The number of aromatic amines is 1. The van der Waals surface area contributed by atoms with Gasteiger partial charge in [-0.1, -0.05) is 6.07 Å². The van der Waals surface area contributed by atoms with Crippen LogP contribution in [0.2, 0.25) is 0 Å². The molecule has 0 amide bonds. The van der Waals surface area contributed by atoms with Crippen LogP contribution in [-0.2, 0) is 9.47 Å². The van der Waals surface area contributed by atoms with Crippen LogP contribution in [0, 0.1) is 0 Å². The standard InChI is InChI=1S/C31H39N5O3S/c1-30(2)14-20(15-31(3,4)36-30)23-17-40-27-13-24(33-35-29(23)27)21-10-9-19(12-26(21)39-18-37-5)22-16-32-34-28(22)25-8-6-7-11-38-25/h9-10,12-13,16-17,20,25,36H,6-8,11,14-15,18H2,1-5H3,(H,32,34). The third-order valence-corrected chi connectivity index (χ3v) is 8.97. The number of thiophene rings is 1. The number of fused-ring (bicyclic) bond motifs is 1. The summed E-state index contributed by atoms with van der Waals surface area (Å²) in [7, 11) is 1.63. The first-order valence-electron chi connectivity index (χ1n) is 14.2. The third kappa shape index (κ3) is 5.52. The lowest BCUT2D eigenvalue weighted by Gasteiger charge is -2.46. The van der Waals surface area contributed by atoms with Crippen LogP contribution in [0.1, 0.15) is 83.1 Å². The number of benzene rings is 1. The van der Waals surface area contributed by atoms with E-state index in [1.807, 2.05) is 12.3 Å². The van der Waals surface area contributed by atoms with E-state index in [4.69, 9.17) is 24.4 Å². The molecule has 2 N–H and O–H groups in total. The van der Waals surface area contributed by atoms with Gasteiger partial charge in [0.05, 0.1) is 16.1 Å². The molecule has 0 aliphatic carbocycles. The number of rotatable bonds is 7. The number of ether oxygens (including phenoxy) is 3. The average molecular weight is 562 g/mol. The smallest absolute Gasteiger partial charge is 0.188 e. The van der Waals surface area contributed by atoms with Crippen molar-refractivity contribution in [1.29, 1.82) is 0 Å². The van der Waals surface area contributed by atoms with Gasteiger partial charge >= 0.3 is 0 Å². The molecule has 6 rings (SSSR count). The minimum atomic E-state index is 0.00964. The molecule has 2 aliphatic rings. The molecule has 0 spiro atoms. The quantitative estimate of drug-likeness (QED) is 0.235. The molecule has 5 heterocycles. The second-order valence-electron chi connectivity index (χ2n) is 12.4. The number of aromatic nitrogens is 4. The van der Waals surface area contributed by atoms with Gasteiger partial charge in [-0.15, -0.1) is 21.5 Å². The van der Waals surface area contributed by atoms with E-state index >= 15 is 0 Å². The molecule has 1 unspecified atom stereocenters. The van der Waals surface area contributed by atoms with Crippen molar-refractivity contribution in [1.82, 2.24) is 25.7 Å². The van der Waals surface area contributed by atoms with Crippen molar-refractivity contribution in [2.24, 2.45) is 0 Å². The van der Waals surface area contributed by atoms with E-state index in [1.54, 1.807) is 18.4 Å². The Morgan fingerprint density at radius 3 is 2.62 bits per heavy atom. The lowest BCUT2D eigenvalue weighted by atomic mass is 9.73. The number of nitrogens with zero attached hydrogens (tertiary/aromatic N) is 3. The van der Waals surface area contributed by atoms with Crippen molar-refractivity contribution in [3.8, 4) is 28.1 Å². The van der Waals surface area contributed by atoms with Crippen molar-refractivity contribution in [3.63, 3.8) is 0 Å². The van der Waals surface area contributed by atoms with E-state index in [-0.39, 0.29) is 24.0 Å². The topological polar surface area (TPSA) is 94.2 Å². The fourth-order valence-corrected chi connectivity index (χ4v) is 7.70. The molecular formula is C31H39N5O3S. The zero-order chi connectivity index (χ0) is 27.9. The molecule has 8 nitrogen and oxygen atoms in total. The molecule has 0 saturated carbocycles. The van der Waals surface area contributed by atoms with Gasteiger partial charge in [0, 0.05) is 42.1 Å². The average Bonchev–Trinajstić information content (AvgIpc) is 3.58. The van der Waals surface area contributed by atoms with Crippen LogP contribution in [0.15, 0.2) is 35.8 Å². The lowest BCUT2D eigenvalue weighted by molar-refractivity contribution is 0.0126. The molecule has 1 aromatic carbocycles. The van der Waals surface area contributed by atoms with Crippen LogP contribution < -0.4 is 10.1 Å². The second kappa shape index (κ2) is 10.9. The zero-order valence-electron chi connectivity index (χ0n) is 24.0. The Hall–Kier alpha value is -2.85. The van der Waals surface area contributed by atoms with E-state index in [2.05, 4.69) is 66.8 Å². The van der Waals surface area contributed by atoms with E-state index in [9.17, 15) is 0 Å². The predicted octanol–water partition coefficient (Wildman–Crippen LogP) is 7.00. The largest absolute Gasteiger partial charge is 0.467 e. The molecule has 40 heavy (non-hydrogen) atoms. The fourth-order valence-electron chi connectivity index (χ4n) is 6.69. The maximum Gasteiger partial charge on any atom is 0.188 e. The Balaban J connectivity index is 1.33. The lowest BCUT2D eigenvalue weighted by Crippen LogP contribution is -2.57. The SMILES string of the molecule is COCOc1cc(-c2c[nH]nc2C2CCCCO2)ccc1-c1cc2scc(C3CC(C)(C)NC(C)(C)C3)c2nn1. The Bertz CT molecular complexity index is 1470. The highest BCUT2D eigenvalue weighted by molar-refractivity contribution is 7.17. The van der Waals surface area contributed by atoms with Gasteiger partial charge in [0.1, 0.15) is 17.4 Å². The Kier molecular flexibility index (Phi) is 7.41. The van der Waals surface area contributed by atoms with E-state index in [0.717, 1.165) is 77.0 Å². The van der Waals surface area contributed by atoms with Crippen molar-refractivity contribution in [2.75, 3.05) is 20.5 Å². The Morgan fingerprint density at radius 2 is 1.88 bits per heavy atom. The maximum absolute atomic E-state index is 6.07. The summed E-state index contributed by atoms with van der Waals surface area (Å²) in [6, 6.07) is 8.33. The fraction of sp³-hybridized carbons (Fsp3) is 0.516. The summed E-state index contributed by atoms with van der Waals surface area (Å²) in [6.07, 6.45) is 7.32. The highest BCUT2D eigenvalue weighted by Gasteiger charge is 2.39. The molecular weight excluding hydrogens is 522 g/mol. The number of piperidine rings is 1. The van der Waals surface area contributed by atoms with Gasteiger partial charge in [0.2, 0.25) is 0 Å². The molecule has 0 radical (unpaired) electrons. The van der Waals surface area contributed by atoms with Gasteiger partial charge in [-0.25, -0.2) is 0 Å². The second-order valence-corrected chi connectivity index (χ2v) is 13.3. The molecule has 4 aromatic rings. The van der Waals surface area contributed by atoms with Crippen molar-refractivity contribution < 1.29 is 14.2 Å². The number of hydrogen-bond donors (Lipinski definition) is 2. The minimum Gasteiger partial charge on any atom is -0.467 e.